The highest BCUT2D eigenvalue weighted by atomic mass is 31.2. The van der Waals surface area contributed by atoms with Crippen LogP contribution in [0.4, 0.5) is 0 Å². The number of hydrogen-bond acceptors (Lipinski definition) is 4. The van der Waals surface area contributed by atoms with Crippen molar-refractivity contribution in [2.45, 2.75) is 39.5 Å². The van der Waals surface area contributed by atoms with E-state index >= 15 is 0 Å². The zero-order chi connectivity index (χ0) is 38.7. The molecule has 0 heterocycles. The summed E-state index contributed by atoms with van der Waals surface area (Å²) in [6.07, 6.45) is 6.47. The summed E-state index contributed by atoms with van der Waals surface area (Å²) in [4.78, 5) is 0. The van der Waals surface area contributed by atoms with Crippen LogP contribution in [0.2, 0.25) is 0 Å². The molecule has 1 unspecified atom stereocenters. The maximum absolute atomic E-state index is 6.31. The molecule has 7 rings (SSSR count). The second-order valence-electron chi connectivity index (χ2n) is 13.7. The number of rotatable bonds is 17. The first-order valence-corrected chi connectivity index (χ1v) is 23.6. The first-order chi connectivity index (χ1) is 27.6. The van der Waals surface area contributed by atoms with E-state index in [2.05, 4.69) is 105 Å². The Morgan fingerprint density at radius 3 is 0.911 bits per heavy atom. The molecule has 0 saturated carbocycles. The van der Waals surface area contributed by atoms with Gasteiger partial charge < -0.3 is 15.2 Å². The first kappa shape index (κ1) is 40.4. The van der Waals surface area contributed by atoms with Gasteiger partial charge >= 0.3 is 14.4 Å². The van der Waals surface area contributed by atoms with Gasteiger partial charge in [0.1, 0.15) is 23.2 Å². The molecule has 7 aromatic rings. The van der Waals surface area contributed by atoms with E-state index in [1.54, 1.807) is 0 Å². The molecule has 4 nitrogen and oxygen atoms in total. The van der Waals surface area contributed by atoms with E-state index in [-0.39, 0.29) is 0 Å². The lowest BCUT2D eigenvalue weighted by molar-refractivity contribution is 0.161. The van der Waals surface area contributed by atoms with Gasteiger partial charge in [-0.25, -0.2) is 0 Å². The Kier molecular flexibility index (Phi) is 15.2. The second-order valence-corrected chi connectivity index (χ2v) is 19.3. The SMILES string of the molecule is CCCCC(CC)C[P+](c1ccccc1)(c1ccccc1)c1ccccc1.c1ccc([O][Al-]([O]c2ccccc2)([O]c2ccccc2)[O]c2ccccc2)cc1. The number of unbranched alkanes of at least 4 members (excludes halogenated alkanes) is 1. The number of benzene rings is 7. The molecule has 0 aliphatic carbocycles. The summed E-state index contributed by atoms with van der Waals surface area (Å²) in [6, 6.07) is 71.5. The minimum atomic E-state index is -4.13. The zero-order valence-corrected chi connectivity index (χ0v) is 34.5. The zero-order valence-electron chi connectivity index (χ0n) is 32.5. The standard InChI is InChI=1S/C26H32P.4C6H6O.Al/c1-3-5-15-23(4-2)22-27(24-16-9-6-10-17-24,25-18-11-7-12-19-25)26-20-13-8-14-21-26;4*7-6-4-2-1-3-5-6;/h6-14,16-21,23H,3-5,15,22H2,1-2H3;4*1-5,7H;/q+1;;;;;+3/p-4. The predicted octanol–water partition coefficient (Wildman–Crippen LogP) is 11.9. The highest BCUT2D eigenvalue weighted by Gasteiger charge is 2.64. The van der Waals surface area contributed by atoms with Crippen LogP contribution < -0.4 is 31.1 Å². The van der Waals surface area contributed by atoms with E-state index in [1.807, 2.05) is 121 Å². The van der Waals surface area contributed by atoms with Crippen molar-refractivity contribution in [2.24, 2.45) is 5.92 Å². The molecular weight excluding hydrogens is 723 g/mol. The molecule has 0 fully saturated rings. The molecule has 6 heteroatoms. The smallest absolute Gasteiger partial charge is 0.697 e. The lowest BCUT2D eigenvalue weighted by atomic mass is 10.0. The van der Waals surface area contributed by atoms with Crippen molar-refractivity contribution in [3.8, 4) is 23.0 Å². The van der Waals surface area contributed by atoms with Crippen molar-refractivity contribution >= 4 is 37.6 Å². The Morgan fingerprint density at radius 2 is 0.661 bits per heavy atom. The molecule has 284 valence electrons. The summed E-state index contributed by atoms with van der Waals surface area (Å²) in [6.45, 7) is 4.68. The van der Waals surface area contributed by atoms with Gasteiger partial charge in [-0.15, -0.1) is 0 Å². The van der Waals surface area contributed by atoms with Gasteiger partial charge in [0, 0.05) is 0 Å². The third kappa shape index (κ3) is 11.1. The summed E-state index contributed by atoms with van der Waals surface area (Å²) in [5.74, 6) is 3.21. The van der Waals surface area contributed by atoms with Crippen molar-refractivity contribution in [1.29, 1.82) is 0 Å². The van der Waals surface area contributed by atoms with Crippen molar-refractivity contribution in [2.75, 3.05) is 6.16 Å². The van der Waals surface area contributed by atoms with Crippen LogP contribution in [0, 0.1) is 5.92 Å². The number of para-hydroxylation sites is 4. The minimum Gasteiger partial charge on any atom is -0.697 e. The maximum Gasteiger partial charge on any atom is 1.21 e. The topological polar surface area (TPSA) is 36.9 Å². The summed E-state index contributed by atoms with van der Waals surface area (Å²) in [7, 11) is -1.67. The molecule has 0 radical (unpaired) electrons. The van der Waals surface area contributed by atoms with E-state index in [9.17, 15) is 0 Å². The van der Waals surface area contributed by atoms with E-state index in [0.717, 1.165) is 5.92 Å². The highest BCUT2D eigenvalue weighted by molar-refractivity contribution is 7.95. The number of hydrogen-bond donors (Lipinski definition) is 0. The second kappa shape index (κ2) is 21.1. The van der Waals surface area contributed by atoms with Crippen LogP contribution in [0.5, 0.6) is 23.0 Å². The largest absolute Gasteiger partial charge is 1.21 e. The lowest BCUT2D eigenvalue weighted by Crippen LogP contribution is -2.60. The maximum atomic E-state index is 6.31. The van der Waals surface area contributed by atoms with Gasteiger partial charge in [0.2, 0.25) is 0 Å². The normalized spacial score (nSPS) is 11.7. The molecule has 0 bridgehead atoms. The molecule has 0 N–H and O–H groups in total. The molecule has 0 spiro atoms. The van der Waals surface area contributed by atoms with Crippen LogP contribution in [0.15, 0.2) is 212 Å². The van der Waals surface area contributed by atoms with Gasteiger partial charge in [0.15, 0.2) is 0 Å². The molecular formula is C50H52AlO4P. The van der Waals surface area contributed by atoms with Gasteiger partial charge in [0.05, 0.1) is 29.2 Å². The molecule has 1 atom stereocenters. The van der Waals surface area contributed by atoms with Gasteiger partial charge in [-0.1, -0.05) is 154 Å². The average Bonchev–Trinajstić information content (AvgIpc) is 3.26. The van der Waals surface area contributed by atoms with Crippen molar-refractivity contribution in [3.63, 3.8) is 0 Å². The van der Waals surface area contributed by atoms with Crippen LogP contribution in [0.3, 0.4) is 0 Å². The highest BCUT2D eigenvalue weighted by Crippen LogP contribution is 2.57. The quantitative estimate of drug-likeness (QED) is 0.0682. The van der Waals surface area contributed by atoms with E-state index < -0.39 is 21.7 Å². The Morgan fingerprint density at radius 1 is 0.393 bits per heavy atom. The van der Waals surface area contributed by atoms with Gasteiger partial charge in [-0.2, -0.15) is 0 Å². The summed E-state index contributed by atoms with van der Waals surface area (Å²) >= 11 is -4.13. The lowest BCUT2D eigenvalue weighted by Gasteiger charge is -2.38. The molecule has 0 amide bonds. The fraction of sp³-hybridized carbons (Fsp3) is 0.160. The molecule has 0 aromatic heterocycles. The third-order valence-corrected chi connectivity index (χ3v) is 16.6. The van der Waals surface area contributed by atoms with Crippen molar-refractivity contribution in [3.05, 3.63) is 212 Å². The van der Waals surface area contributed by atoms with E-state index in [0.29, 0.717) is 23.0 Å². The molecule has 7 aromatic carbocycles. The summed E-state index contributed by atoms with van der Waals surface area (Å²) in [5.41, 5.74) is 0. The van der Waals surface area contributed by atoms with Crippen molar-refractivity contribution < 1.29 is 15.2 Å². The fourth-order valence-corrected chi connectivity index (χ4v) is 14.0. The van der Waals surface area contributed by atoms with Crippen LogP contribution in [-0.4, -0.2) is 20.6 Å². The predicted molar refractivity (Wildman–Crippen MR) is 237 cm³/mol. The summed E-state index contributed by atoms with van der Waals surface area (Å²) in [5, 5.41) is 4.53. The molecule has 0 saturated heterocycles. The summed E-state index contributed by atoms with van der Waals surface area (Å²) < 4.78 is 25.3. The van der Waals surface area contributed by atoms with Gasteiger partial charge in [-0.05, 0) is 104 Å². The van der Waals surface area contributed by atoms with Gasteiger partial charge in [-0.3, -0.25) is 0 Å². The first-order valence-electron chi connectivity index (χ1n) is 19.8. The Bertz CT molecular complexity index is 1820. The molecule has 0 aliphatic rings. The molecule has 56 heavy (non-hydrogen) atoms. The van der Waals surface area contributed by atoms with Crippen LogP contribution in [0.25, 0.3) is 0 Å². The third-order valence-electron chi connectivity index (χ3n) is 9.76. The van der Waals surface area contributed by atoms with Crippen LogP contribution in [0.1, 0.15) is 39.5 Å². The molecule has 0 aliphatic heterocycles. The van der Waals surface area contributed by atoms with Crippen molar-refractivity contribution in [1.82, 2.24) is 0 Å². The Hall–Kier alpha value is -5.30. The average molecular weight is 775 g/mol. The monoisotopic (exact) mass is 774 g/mol. The Labute approximate surface area is 338 Å². The fourth-order valence-electron chi connectivity index (χ4n) is 6.92. The van der Waals surface area contributed by atoms with E-state index in [1.165, 1.54) is 47.8 Å². The van der Waals surface area contributed by atoms with Crippen LogP contribution >= 0.6 is 7.26 Å². The Balaban J connectivity index is 0.000000190. The van der Waals surface area contributed by atoms with Crippen LogP contribution in [-0.2, 0) is 0 Å². The van der Waals surface area contributed by atoms with Gasteiger partial charge in [0.25, 0.3) is 0 Å². The van der Waals surface area contributed by atoms with E-state index in [4.69, 9.17) is 15.2 Å². The minimum absolute atomic E-state index is 0.611.